The first-order valence-electron chi connectivity index (χ1n) is 6.53. The van der Waals surface area contributed by atoms with Gasteiger partial charge >= 0.3 is 0 Å². The minimum absolute atomic E-state index is 0.384. The van der Waals surface area contributed by atoms with Crippen molar-refractivity contribution >= 4 is 5.84 Å². The first kappa shape index (κ1) is 12.9. The lowest BCUT2D eigenvalue weighted by molar-refractivity contribution is 0.413. The highest BCUT2D eigenvalue weighted by Crippen LogP contribution is 2.22. The zero-order valence-corrected chi connectivity index (χ0v) is 10.9. The van der Waals surface area contributed by atoms with Crippen molar-refractivity contribution in [3.63, 3.8) is 0 Å². The number of methoxy groups -OCH3 is 1. The fourth-order valence-corrected chi connectivity index (χ4v) is 2.42. The SMILES string of the molecule is COc1ccccc1C(=NC1CCCCC1)NN. The van der Waals surface area contributed by atoms with Gasteiger partial charge in [-0.3, -0.25) is 4.99 Å². The smallest absolute Gasteiger partial charge is 0.146 e. The molecule has 98 valence electrons. The van der Waals surface area contributed by atoms with Gasteiger partial charge in [0.1, 0.15) is 11.6 Å². The van der Waals surface area contributed by atoms with Gasteiger partial charge in [0.25, 0.3) is 0 Å². The maximum atomic E-state index is 5.61. The van der Waals surface area contributed by atoms with Crippen molar-refractivity contribution in [1.82, 2.24) is 5.43 Å². The number of rotatable bonds is 3. The fraction of sp³-hybridized carbons (Fsp3) is 0.500. The molecule has 2 rings (SSSR count). The van der Waals surface area contributed by atoms with Crippen LogP contribution in [0, 0.1) is 0 Å². The summed E-state index contributed by atoms with van der Waals surface area (Å²) >= 11 is 0. The van der Waals surface area contributed by atoms with Crippen LogP contribution < -0.4 is 16.0 Å². The molecule has 1 aromatic carbocycles. The molecular formula is C14H21N3O. The molecule has 0 unspecified atom stereocenters. The van der Waals surface area contributed by atoms with E-state index in [1.165, 1.54) is 19.3 Å². The molecule has 4 nitrogen and oxygen atoms in total. The van der Waals surface area contributed by atoms with Crippen molar-refractivity contribution in [2.75, 3.05) is 7.11 Å². The standard InChI is InChI=1S/C14H21N3O/c1-18-13-10-6-5-9-12(13)14(17-15)16-11-7-3-2-4-8-11/h5-6,9-11H,2-4,7-8,15H2,1H3,(H,16,17). The zero-order valence-electron chi connectivity index (χ0n) is 10.9. The lowest BCUT2D eigenvalue weighted by Crippen LogP contribution is -2.33. The molecule has 1 fully saturated rings. The second-order valence-corrected chi connectivity index (χ2v) is 4.61. The van der Waals surface area contributed by atoms with Gasteiger partial charge in [0, 0.05) is 0 Å². The van der Waals surface area contributed by atoms with Crippen LogP contribution in [0.15, 0.2) is 29.3 Å². The second kappa shape index (κ2) is 6.40. The molecule has 0 heterocycles. The summed E-state index contributed by atoms with van der Waals surface area (Å²) in [5.74, 6) is 7.13. The van der Waals surface area contributed by atoms with E-state index in [1.54, 1.807) is 7.11 Å². The average molecular weight is 247 g/mol. The van der Waals surface area contributed by atoms with Crippen LogP contribution in [0.4, 0.5) is 0 Å². The number of hydrazine groups is 1. The van der Waals surface area contributed by atoms with Gasteiger partial charge in [-0.05, 0) is 25.0 Å². The van der Waals surface area contributed by atoms with Crippen molar-refractivity contribution in [3.8, 4) is 5.75 Å². The van der Waals surface area contributed by atoms with Crippen molar-refractivity contribution in [1.29, 1.82) is 0 Å². The van der Waals surface area contributed by atoms with Gasteiger partial charge in [0.15, 0.2) is 0 Å². The molecule has 0 aromatic heterocycles. The van der Waals surface area contributed by atoms with Crippen LogP contribution in [0.1, 0.15) is 37.7 Å². The van der Waals surface area contributed by atoms with Gasteiger partial charge in [0.05, 0.1) is 18.7 Å². The Morgan fingerprint density at radius 1 is 1.28 bits per heavy atom. The predicted octanol–water partition coefficient (Wildman–Crippen LogP) is 2.24. The Bertz CT molecular complexity index is 411. The monoisotopic (exact) mass is 247 g/mol. The molecule has 1 aliphatic carbocycles. The summed E-state index contributed by atoms with van der Waals surface area (Å²) in [6, 6.07) is 8.18. The number of nitrogens with one attached hydrogen (secondary N) is 1. The third-order valence-electron chi connectivity index (χ3n) is 3.39. The first-order chi connectivity index (χ1) is 8.85. The molecule has 0 spiro atoms. The van der Waals surface area contributed by atoms with Crippen molar-refractivity contribution in [3.05, 3.63) is 29.8 Å². The number of nitrogens with zero attached hydrogens (tertiary/aromatic N) is 1. The quantitative estimate of drug-likeness (QED) is 0.373. The van der Waals surface area contributed by atoms with Crippen molar-refractivity contribution in [2.45, 2.75) is 38.1 Å². The van der Waals surface area contributed by atoms with E-state index in [1.807, 2.05) is 24.3 Å². The van der Waals surface area contributed by atoms with Crippen LogP contribution in [0.3, 0.4) is 0 Å². The minimum atomic E-state index is 0.384. The summed E-state index contributed by atoms with van der Waals surface area (Å²) in [4.78, 5) is 4.73. The zero-order chi connectivity index (χ0) is 12.8. The summed E-state index contributed by atoms with van der Waals surface area (Å²) in [5.41, 5.74) is 3.63. The third kappa shape index (κ3) is 3.01. The first-order valence-corrected chi connectivity index (χ1v) is 6.53. The van der Waals surface area contributed by atoms with Crippen molar-refractivity contribution < 1.29 is 4.74 Å². The predicted molar refractivity (Wildman–Crippen MR) is 73.7 cm³/mol. The van der Waals surface area contributed by atoms with Gasteiger partial charge in [-0.25, -0.2) is 5.84 Å². The molecule has 0 radical (unpaired) electrons. The van der Waals surface area contributed by atoms with E-state index < -0.39 is 0 Å². The third-order valence-corrected chi connectivity index (χ3v) is 3.39. The van der Waals surface area contributed by atoms with E-state index in [0.29, 0.717) is 6.04 Å². The Kier molecular flexibility index (Phi) is 4.59. The Hall–Kier alpha value is -1.55. The molecule has 3 N–H and O–H groups in total. The molecule has 0 aliphatic heterocycles. The number of aliphatic imine (C=N–C) groups is 1. The number of nitrogens with two attached hydrogens (primary N) is 1. The molecule has 0 amide bonds. The van der Waals surface area contributed by atoms with Gasteiger partial charge in [-0.1, -0.05) is 31.4 Å². The normalized spacial score (nSPS) is 17.6. The lowest BCUT2D eigenvalue weighted by Gasteiger charge is -2.19. The van der Waals surface area contributed by atoms with E-state index in [4.69, 9.17) is 15.6 Å². The molecule has 0 saturated heterocycles. The lowest BCUT2D eigenvalue weighted by atomic mass is 9.96. The Morgan fingerprint density at radius 2 is 2.00 bits per heavy atom. The highest BCUT2D eigenvalue weighted by molar-refractivity contribution is 6.00. The molecule has 4 heteroatoms. The Labute approximate surface area is 108 Å². The molecule has 0 atom stereocenters. The largest absolute Gasteiger partial charge is 0.496 e. The van der Waals surface area contributed by atoms with E-state index in [0.717, 1.165) is 30.0 Å². The van der Waals surface area contributed by atoms with Crippen LogP contribution >= 0.6 is 0 Å². The Morgan fingerprint density at radius 3 is 2.67 bits per heavy atom. The summed E-state index contributed by atoms with van der Waals surface area (Å²) in [5, 5.41) is 0. The van der Waals surface area contributed by atoms with Crippen LogP contribution in [0.2, 0.25) is 0 Å². The van der Waals surface area contributed by atoms with Crippen LogP contribution in [-0.4, -0.2) is 19.0 Å². The number of amidine groups is 1. The summed E-state index contributed by atoms with van der Waals surface area (Å²) < 4.78 is 5.34. The van der Waals surface area contributed by atoms with Crippen LogP contribution in [-0.2, 0) is 0 Å². The highest BCUT2D eigenvalue weighted by atomic mass is 16.5. The summed E-state index contributed by atoms with van der Waals surface area (Å²) in [6.07, 6.45) is 6.16. The van der Waals surface area contributed by atoms with Crippen molar-refractivity contribution in [2.24, 2.45) is 10.8 Å². The van der Waals surface area contributed by atoms with Gasteiger partial charge < -0.3 is 10.2 Å². The van der Waals surface area contributed by atoms with Crippen LogP contribution in [0.25, 0.3) is 0 Å². The highest BCUT2D eigenvalue weighted by Gasteiger charge is 2.15. The molecular weight excluding hydrogens is 226 g/mol. The molecule has 1 saturated carbocycles. The number of benzene rings is 1. The van der Waals surface area contributed by atoms with Crippen LogP contribution in [0.5, 0.6) is 5.75 Å². The molecule has 1 aromatic rings. The Balaban J connectivity index is 2.23. The van der Waals surface area contributed by atoms with E-state index in [-0.39, 0.29) is 0 Å². The number of para-hydroxylation sites is 1. The maximum Gasteiger partial charge on any atom is 0.146 e. The average Bonchev–Trinajstić information content (AvgIpc) is 2.46. The number of ether oxygens (including phenoxy) is 1. The van der Waals surface area contributed by atoms with Gasteiger partial charge in [-0.2, -0.15) is 0 Å². The van der Waals surface area contributed by atoms with E-state index >= 15 is 0 Å². The second-order valence-electron chi connectivity index (χ2n) is 4.61. The summed E-state index contributed by atoms with van der Waals surface area (Å²) in [7, 11) is 1.66. The number of hydrogen-bond donors (Lipinski definition) is 2. The van der Waals surface area contributed by atoms with Gasteiger partial charge in [-0.15, -0.1) is 0 Å². The van der Waals surface area contributed by atoms with Gasteiger partial charge in [0.2, 0.25) is 0 Å². The minimum Gasteiger partial charge on any atom is -0.496 e. The fourth-order valence-electron chi connectivity index (χ4n) is 2.42. The summed E-state index contributed by atoms with van der Waals surface area (Å²) in [6.45, 7) is 0. The molecule has 18 heavy (non-hydrogen) atoms. The topological polar surface area (TPSA) is 59.6 Å². The number of hydrogen-bond acceptors (Lipinski definition) is 3. The molecule has 1 aliphatic rings. The van der Waals surface area contributed by atoms with E-state index in [9.17, 15) is 0 Å². The van der Waals surface area contributed by atoms with E-state index in [2.05, 4.69) is 5.43 Å². The maximum absolute atomic E-state index is 5.61. The molecule has 0 bridgehead atoms.